The second-order valence-electron chi connectivity index (χ2n) is 4.78. The van der Waals surface area contributed by atoms with Gasteiger partial charge < -0.3 is 9.84 Å². The maximum Gasteiger partial charge on any atom is 0.335 e. The van der Waals surface area contributed by atoms with Crippen LogP contribution >= 0.6 is 0 Å². The Balaban J connectivity index is 2.67. The van der Waals surface area contributed by atoms with Crippen molar-refractivity contribution in [2.75, 3.05) is 7.11 Å². The fraction of sp³-hybridized carbons (Fsp3) is 0.357. The van der Waals surface area contributed by atoms with Crippen LogP contribution in [0.4, 0.5) is 0 Å². The molecular weight excluding hydrogens is 258 g/mol. The van der Waals surface area contributed by atoms with Crippen molar-refractivity contribution in [3.05, 3.63) is 35.4 Å². The topological polar surface area (TPSA) is 77.2 Å². The summed E-state index contributed by atoms with van der Waals surface area (Å²) in [7, 11) is 1.54. The SMILES string of the molecule is COc1ccc(C(=O)O)cc1-n1nc(C)nc1C(C)C. The predicted molar refractivity (Wildman–Crippen MR) is 73.7 cm³/mol. The number of aromatic nitrogens is 3. The molecule has 20 heavy (non-hydrogen) atoms. The number of carbonyl (C=O) groups is 1. The Labute approximate surface area is 117 Å². The largest absolute Gasteiger partial charge is 0.494 e. The molecule has 1 aromatic heterocycles. The zero-order valence-corrected chi connectivity index (χ0v) is 11.9. The van der Waals surface area contributed by atoms with Gasteiger partial charge in [0.25, 0.3) is 0 Å². The van der Waals surface area contributed by atoms with E-state index in [4.69, 9.17) is 9.84 Å². The molecule has 0 amide bonds. The molecule has 6 heteroatoms. The fourth-order valence-electron chi connectivity index (χ4n) is 1.97. The molecule has 0 atom stereocenters. The average Bonchev–Trinajstić information content (AvgIpc) is 2.80. The smallest absolute Gasteiger partial charge is 0.335 e. The Morgan fingerprint density at radius 3 is 2.65 bits per heavy atom. The van der Waals surface area contributed by atoms with Gasteiger partial charge in [-0.3, -0.25) is 0 Å². The number of rotatable bonds is 4. The number of hydrogen-bond acceptors (Lipinski definition) is 4. The van der Waals surface area contributed by atoms with Crippen LogP contribution in [0.25, 0.3) is 5.69 Å². The van der Waals surface area contributed by atoms with E-state index in [1.807, 2.05) is 13.8 Å². The quantitative estimate of drug-likeness (QED) is 0.927. The van der Waals surface area contributed by atoms with Gasteiger partial charge >= 0.3 is 5.97 Å². The number of aromatic carboxylic acids is 1. The number of methoxy groups -OCH3 is 1. The number of carboxylic acid groups (broad SMARTS) is 1. The van der Waals surface area contributed by atoms with Crippen molar-refractivity contribution in [3.63, 3.8) is 0 Å². The lowest BCUT2D eigenvalue weighted by molar-refractivity contribution is 0.0697. The molecule has 0 fully saturated rings. The molecule has 1 heterocycles. The molecule has 106 valence electrons. The molecule has 0 saturated heterocycles. The summed E-state index contributed by atoms with van der Waals surface area (Å²) in [5.74, 6) is 1.13. The van der Waals surface area contributed by atoms with Crippen LogP contribution in [-0.4, -0.2) is 33.0 Å². The molecule has 1 N–H and O–H groups in total. The minimum atomic E-state index is -0.989. The van der Waals surface area contributed by atoms with Crippen LogP contribution in [0.1, 0.15) is 41.8 Å². The Bertz CT molecular complexity index is 647. The monoisotopic (exact) mass is 275 g/mol. The van der Waals surface area contributed by atoms with Gasteiger partial charge in [-0.15, -0.1) is 0 Å². The Hall–Kier alpha value is -2.37. The summed E-state index contributed by atoms with van der Waals surface area (Å²) in [6.45, 7) is 5.82. The van der Waals surface area contributed by atoms with Gasteiger partial charge in [0.2, 0.25) is 0 Å². The lowest BCUT2D eigenvalue weighted by Crippen LogP contribution is -2.08. The molecule has 6 nitrogen and oxygen atoms in total. The maximum atomic E-state index is 11.1. The molecule has 2 rings (SSSR count). The highest BCUT2D eigenvalue weighted by atomic mass is 16.5. The van der Waals surface area contributed by atoms with Crippen molar-refractivity contribution in [2.45, 2.75) is 26.7 Å². The van der Waals surface area contributed by atoms with Gasteiger partial charge in [-0.05, 0) is 25.1 Å². The number of benzene rings is 1. The molecule has 0 spiro atoms. The predicted octanol–water partition coefficient (Wildman–Crippen LogP) is 2.41. The highest BCUT2D eigenvalue weighted by Crippen LogP contribution is 2.26. The molecule has 0 aliphatic carbocycles. The van der Waals surface area contributed by atoms with Crippen molar-refractivity contribution in [3.8, 4) is 11.4 Å². The van der Waals surface area contributed by atoms with E-state index in [1.54, 1.807) is 23.7 Å². The molecule has 2 aromatic rings. The highest BCUT2D eigenvalue weighted by molar-refractivity contribution is 5.88. The van der Waals surface area contributed by atoms with E-state index < -0.39 is 5.97 Å². The van der Waals surface area contributed by atoms with Crippen molar-refractivity contribution in [2.24, 2.45) is 0 Å². The van der Waals surface area contributed by atoms with Crippen LogP contribution in [0.5, 0.6) is 5.75 Å². The molecule has 0 aliphatic heterocycles. The first-order valence-electron chi connectivity index (χ1n) is 6.29. The third kappa shape index (κ3) is 2.49. The summed E-state index contributed by atoms with van der Waals surface area (Å²) in [6.07, 6.45) is 0. The molecule has 1 aromatic carbocycles. The van der Waals surface area contributed by atoms with E-state index in [2.05, 4.69) is 10.1 Å². The van der Waals surface area contributed by atoms with Crippen LogP contribution in [0.15, 0.2) is 18.2 Å². The highest BCUT2D eigenvalue weighted by Gasteiger charge is 2.17. The summed E-state index contributed by atoms with van der Waals surface area (Å²) < 4.78 is 6.94. The van der Waals surface area contributed by atoms with Crippen molar-refractivity contribution >= 4 is 5.97 Å². The van der Waals surface area contributed by atoms with Gasteiger partial charge in [0.1, 0.15) is 23.1 Å². The summed E-state index contributed by atoms with van der Waals surface area (Å²) in [4.78, 5) is 15.5. The van der Waals surface area contributed by atoms with Crippen molar-refractivity contribution in [1.29, 1.82) is 0 Å². The first kappa shape index (κ1) is 14.0. The van der Waals surface area contributed by atoms with Gasteiger partial charge in [-0.1, -0.05) is 13.8 Å². The number of nitrogens with zero attached hydrogens (tertiary/aromatic N) is 3. The van der Waals surface area contributed by atoms with Crippen molar-refractivity contribution < 1.29 is 14.6 Å². The van der Waals surface area contributed by atoms with E-state index in [9.17, 15) is 4.79 Å². The van der Waals surface area contributed by atoms with Gasteiger partial charge in [0.15, 0.2) is 0 Å². The third-order valence-electron chi connectivity index (χ3n) is 2.91. The fourth-order valence-corrected chi connectivity index (χ4v) is 1.97. The first-order valence-corrected chi connectivity index (χ1v) is 6.29. The Morgan fingerprint density at radius 2 is 2.10 bits per heavy atom. The summed E-state index contributed by atoms with van der Waals surface area (Å²) in [5, 5.41) is 13.5. The van der Waals surface area contributed by atoms with Gasteiger partial charge in [-0.2, -0.15) is 5.10 Å². The molecular formula is C14H17N3O3. The second kappa shape index (κ2) is 5.32. The molecule has 0 bridgehead atoms. The van der Waals surface area contributed by atoms with E-state index in [1.165, 1.54) is 13.2 Å². The molecule has 0 saturated carbocycles. The number of ether oxygens (including phenoxy) is 1. The Morgan fingerprint density at radius 1 is 1.40 bits per heavy atom. The minimum absolute atomic E-state index is 0.161. The van der Waals surface area contributed by atoms with E-state index in [0.717, 1.165) is 5.82 Å². The van der Waals surface area contributed by atoms with Gasteiger partial charge in [0, 0.05) is 5.92 Å². The zero-order valence-electron chi connectivity index (χ0n) is 11.9. The minimum Gasteiger partial charge on any atom is -0.494 e. The van der Waals surface area contributed by atoms with Gasteiger partial charge in [-0.25, -0.2) is 14.5 Å². The lowest BCUT2D eigenvalue weighted by Gasteiger charge is -2.12. The van der Waals surface area contributed by atoms with E-state index in [0.29, 0.717) is 17.3 Å². The van der Waals surface area contributed by atoms with Crippen LogP contribution < -0.4 is 4.74 Å². The first-order chi connectivity index (χ1) is 9.43. The van der Waals surface area contributed by atoms with Crippen molar-refractivity contribution in [1.82, 2.24) is 14.8 Å². The normalized spacial score (nSPS) is 10.8. The third-order valence-corrected chi connectivity index (χ3v) is 2.91. The van der Waals surface area contributed by atoms with E-state index in [-0.39, 0.29) is 11.5 Å². The van der Waals surface area contributed by atoms with Crippen LogP contribution in [-0.2, 0) is 0 Å². The molecule has 0 radical (unpaired) electrons. The zero-order chi connectivity index (χ0) is 14.9. The number of aryl methyl sites for hydroxylation is 1. The number of carboxylic acids is 1. The van der Waals surface area contributed by atoms with Crippen LogP contribution in [0, 0.1) is 6.92 Å². The average molecular weight is 275 g/mol. The standard InChI is InChI=1S/C14H17N3O3/c1-8(2)13-15-9(3)16-17(13)11-7-10(14(18)19)5-6-12(11)20-4/h5-8H,1-4H3,(H,18,19). The Kier molecular flexibility index (Phi) is 3.74. The maximum absolute atomic E-state index is 11.1. The number of hydrogen-bond donors (Lipinski definition) is 1. The summed E-state index contributed by atoms with van der Waals surface area (Å²) in [5.41, 5.74) is 0.764. The molecule has 0 unspecified atom stereocenters. The van der Waals surface area contributed by atoms with Crippen LogP contribution in [0.2, 0.25) is 0 Å². The summed E-state index contributed by atoms with van der Waals surface area (Å²) >= 11 is 0. The second-order valence-corrected chi connectivity index (χ2v) is 4.78. The molecule has 0 aliphatic rings. The summed E-state index contributed by atoms with van der Waals surface area (Å²) in [6, 6.07) is 4.67. The van der Waals surface area contributed by atoms with Gasteiger partial charge in [0.05, 0.1) is 12.7 Å². The van der Waals surface area contributed by atoms with E-state index >= 15 is 0 Å². The van der Waals surface area contributed by atoms with Crippen LogP contribution in [0.3, 0.4) is 0 Å². The lowest BCUT2D eigenvalue weighted by atomic mass is 10.1.